The van der Waals surface area contributed by atoms with Crippen LogP contribution in [0.3, 0.4) is 0 Å². The molecular formula is C18H11F2N5O. The predicted octanol–water partition coefficient (Wildman–Crippen LogP) is 3.62. The first kappa shape index (κ1) is 17.0. The highest BCUT2D eigenvalue weighted by atomic mass is 19.1. The highest BCUT2D eigenvalue weighted by Crippen LogP contribution is 2.20. The van der Waals surface area contributed by atoms with Crippen molar-refractivity contribution in [2.75, 3.05) is 10.6 Å². The van der Waals surface area contributed by atoms with Crippen molar-refractivity contribution >= 4 is 23.1 Å². The van der Waals surface area contributed by atoms with Gasteiger partial charge in [0.15, 0.2) is 0 Å². The molecule has 0 radical (unpaired) electrons. The van der Waals surface area contributed by atoms with E-state index in [0.29, 0.717) is 11.3 Å². The number of hydrogen-bond donors (Lipinski definition) is 2. The van der Waals surface area contributed by atoms with Gasteiger partial charge >= 0.3 is 0 Å². The van der Waals surface area contributed by atoms with Crippen LogP contribution in [-0.4, -0.2) is 15.9 Å². The van der Waals surface area contributed by atoms with E-state index in [1.807, 2.05) is 6.07 Å². The van der Waals surface area contributed by atoms with Crippen molar-refractivity contribution in [3.8, 4) is 6.07 Å². The number of nitrogens with one attached hydrogen (secondary N) is 2. The van der Waals surface area contributed by atoms with E-state index in [-0.39, 0.29) is 11.5 Å². The lowest BCUT2D eigenvalue weighted by Crippen LogP contribution is -2.16. The lowest BCUT2D eigenvalue weighted by atomic mass is 10.2. The van der Waals surface area contributed by atoms with E-state index >= 15 is 0 Å². The largest absolute Gasteiger partial charge is 0.340 e. The molecule has 0 spiro atoms. The van der Waals surface area contributed by atoms with Crippen molar-refractivity contribution in [2.24, 2.45) is 0 Å². The van der Waals surface area contributed by atoms with Crippen molar-refractivity contribution < 1.29 is 13.6 Å². The second-order valence-corrected chi connectivity index (χ2v) is 5.16. The molecule has 3 aromatic rings. The van der Waals surface area contributed by atoms with Crippen molar-refractivity contribution in [1.29, 1.82) is 5.26 Å². The third-order valence-electron chi connectivity index (χ3n) is 3.37. The summed E-state index contributed by atoms with van der Waals surface area (Å²) in [5, 5.41) is 14.0. The molecule has 0 saturated heterocycles. The first-order chi connectivity index (χ1) is 12.6. The van der Waals surface area contributed by atoms with Gasteiger partial charge in [-0.1, -0.05) is 12.1 Å². The number of nitrogens with zero attached hydrogens (tertiary/aromatic N) is 3. The monoisotopic (exact) mass is 351 g/mol. The molecule has 2 N–H and O–H groups in total. The van der Waals surface area contributed by atoms with Crippen molar-refractivity contribution in [3.05, 3.63) is 77.8 Å². The highest BCUT2D eigenvalue weighted by molar-refractivity contribution is 6.03. The Balaban J connectivity index is 1.80. The van der Waals surface area contributed by atoms with Gasteiger partial charge in [0.05, 0.1) is 11.6 Å². The molecule has 26 heavy (non-hydrogen) atoms. The Kier molecular flexibility index (Phi) is 4.80. The molecule has 0 unspecified atom stereocenters. The van der Waals surface area contributed by atoms with E-state index in [2.05, 4.69) is 20.6 Å². The van der Waals surface area contributed by atoms with Gasteiger partial charge in [0.25, 0.3) is 5.91 Å². The number of hydrogen-bond acceptors (Lipinski definition) is 5. The Morgan fingerprint density at radius 1 is 1.04 bits per heavy atom. The van der Waals surface area contributed by atoms with Crippen LogP contribution in [0.1, 0.15) is 16.1 Å². The fraction of sp³-hybridized carbons (Fsp3) is 0. The zero-order chi connectivity index (χ0) is 18.5. The minimum Gasteiger partial charge on any atom is -0.340 e. The number of amides is 1. The number of anilines is 3. The van der Waals surface area contributed by atoms with E-state index < -0.39 is 23.2 Å². The van der Waals surface area contributed by atoms with E-state index in [1.54, 1.807) is 24.3 Å². The summed E-state index contributed by atoms with van der Waals surface area (Å²) in [6, 6.07) is 13.3. The van der Waals surface area contributed by atoms with Crippen LogP contribution in [0.15, 0.2) is 54.9 Å². The van der Waals surface area contributed by atoms with E-state index in [4.69, 9.17) is 5.26 Å². The summed E-state index contributed by atoms with van der Waals surface area (Å²) >= 11 is 0. The van der Waals surface area contributed by atoms with Crippen molar-refractivity contribution in [1.82, 2.24) is 9.97 Å². The van der Waals surface area contributed by atoms with Crippen LogP contribution in [0.5, 0.6) is 0 Å². The number of halogens is 2. The normalized spacial score (nSPS) is 10.0. The first-order valence-corrected chi connectivity index (χ1v) is 7.41. The van der Waals surface area contributed by atoms with Crippen LogP contribution in [-0.2, 0) is 0 Å². The second-order valence-electron chi connectivity index (χ2n) is 5.16. The van der Waals surface area contributed by atoms with Gasteiger partial charge in [0.2, 0.25) is 0 Å². The highest BCUT2D eigenvalue weighted by Gasteiger charge is 2.15. The Morgan fingerprint density at radius 3 is 2.50 bits per heavy atom. The molecule has 0 aliphatic heterocycles. The third-order valence-corrected chi connectivity index (χ3v) is 3.37. The van der Waals surface area contributed by atoms with Crippen LogP contribution >= 0.6 is 0 Å². The van der Waals surface area contributed by atoms with Gasteiger partial charge < -0.3 is 10.6 Å². The quantitative estimate of drug-likeness (QED) is 0.749. The molecule has 0 fully saturated rings. The summed E-state index contributed by atoms with van der Waals surface area (Å²) < 4.78 is 27.3. The Bertz CT molecular complexity index is 996. The molecule has 0 atom stereocenters. The molecule has 128 valence electrons. The Labute approximate surface area is 147 Å². The molecule has 0 saturated carbocycles. The molecule has 0 aliphatic carbocycles. The summed E-state index contributed by atoms with van der Waals surface area (Å²) in [7, 11) is 0. The maximum Gasteiger partial charge on any atom is 0.274 e. The van der Waals surface area contributed by atoms with Crippen LogP contribution in [0.4, 0.5) is 26.0 Å². The van der Waals surface area contributed by atoms with Crippen LogP contribution in [0.25, 0.3) is 0 Å². The van der Waals surface area contributed by atoms with Gasteiger partial charge in [-0.3, -0.25) is 4.79 Å². The Morgan fingerprint density at radius 2 is 1.77 bits per heavy atom. The SMILES string of the molecule is N#Cc1cccc(Nc2cc(C(=O)Nc3c(F)cccc3F)ncn2)c1. The van der Waals surface area contributed by atoms with E-state index in [0.717, 1.165) is 18.5 Å². The average molecular weight is 351 g/mol. The second kappa shape index (κ2) is 7.36. The smallest absolute Gasteiger partial charge is 0.274 e. The topological polar surface area (TPSA) is 90.7 Å². The van der Waals surface area contributed by atoms with Crippen LogP contribution in [0, 0.1) is 23.0 Å². The maximum atomic E-state index is 13.6. The maximum absolute atomic E-state index is 13.6. The van der Waals surface area contributed by atoms with Gasteiger partial charge in [-0.25, -0.2) is 18.7 Å². The molecule has 0 aliphatic rings. The molecule has 1 heterocycles. The zero-order valence-electron chi connectivity index (χ0n) is 13.2. The molecule has 8 heteroatoms. The summed E-state index contributed by atoms with van der Waals surface area (Å²) in [5.74, 6) is -2.28. The van der Waals surface area contributed by atoms with Crippen molar-refractivity contribution in [3.63, 3.8) is 0 Å². The van der Waals surface area contributed by atoms with Crippen LogP contribution < -0.4 is 10.6 Å². The summed E-state index contributed by atoms with van der Waals surface area (Å²) in [5.41, 5.74) is 0.417. The molecule has 1 amide bonds. The van der Waals surface area contributed by atoms with E-state index in [9.17, 15) is 13.6 Å². The molecule has 3 rings (SSSR count). The van der Waals surface area contributed by atoms with Gasteiger partial charge in [0.1, 0.15) is 35.2 Å². The molecule has 6 nitrogen and oxygen atoms in total. The molecule has 0 bridgehead atoms. The van der Waals surface area contributed by atoms with Crippen LogP contribution in [0.2, 0.25) is 0 Å². The minimum atomic E-state index is -0.890. The predicted molar refractivity (Wildman–Crippen MR) is 90.8 cm³/mol. The molecular weight excluding hydrogens is 340 g/mol. The zero-order valence-corrected chi connectivity index (χ0v) is 13.2. The fourth-order valence-corrected chi connectivity index (χ4v) is 2.16. The van der Waals surface area contributed by atoms with Gasteiger partial charge in [0, 0.05) is 11.8 Å². The minimum absolute atomic E-state index is 0.0819. The summed E-state index contributed by atoms with van der Waals surface area (Å²) in [4.78, 5) is 20.0. The number of aromatic nitrogens is 2. The summed E-state index contributed by atoms with van der Waals surface area (Å²) in [6.45, 7) is 0. The van der Waals surface area contributed by atoms with Gasteiger partial charge in [-0.05, 0) is 30.3 Å². The van der Waals surface area contributed by atoms with Crippen molar-refractivity contribution in [2.45, 2.75) is 0 Å². The first-order valence-electron chi connectivity index (χ1n) is 7.41. The lowest BCUT2D eigenvalue weighted by molar-refractivity contribution is 0.102. The van der Waals surface area contributed by atoms with Gasteiger partial charge in [-0.2, -0.15) is 5.26 Å². The standard InChI is InChI=1S/C18H11F2N5O/c19-13-5-2-6-14(20)17(13)25-18(26)15-8-16(23-10-22-15)24-12-4-1-3-11(7-12)9-21/h1-8,10H,(H,25,26)(H,22,23,24). The Hall–Kier alpha value is -3.86. The molecule has 1 aromatic heterocycles. The average Bonchev–Trinajstić information content (AvgIpc) is 2.65. The number of para-hydroxylation sites is 1. The van der Waals surface area contributed by atoms with E-state index in [1.165, 1.54) is 12.1 Å². The summed E-state index contributed by atoms with van der Waals surface area (Å²) in [6.07, 6.45) is 1.14. The molecule has 2 aromatic carbocycles. The third kappa shape index (κ3) is 3.79. The number of rotatable bonds is 4. The number of nitriles is 1. The lowest BCUT2D eigenvalue weighted by Gasteiger charge is -2.09. The number of carbonyl (C=O) groups excluding carboxylic acids is 1. The number of benzene rings is 2. The van der Waals surface area contributed by atoms with Gasteiger partial charge in [-0.15, -0.1) is 0 Å². The number of carbonyl (C=O) groups is 1. The fourth-order valence-electron chi connectivity index (χ4n) is 2.16.